The summed E-state index contributed by atoms with van der Waals surface area (Å²) in [6.07, 6.45) is 15.7. The first-order chi connectivity index (χ1) is 21.9. The second-order valence-corrected chi connectivity index (χ2v) is 13.5. The molecule has 1 rings (SSSR count). The van der Waals surface area contributed by atoms with Crippen LogP contribution >= 0.6 is 0 Å². The van der Waals surface area contributed by atoms with Gasteiger partial charge in [0, 0.05) is 13.0 Å². The Morgan fingerprint density at radius 3 is 1.63 bits per heavy atom. The molecule has 0 aromatic carbocycles. The molecule has 1 heterocycles. The molecule has 11 nitrogen and oxygen atoms in total. The van der Waals surface area contributed by atoms with Gasteiger partial charge in [-0.3, -0.25) is 20.1 Å². The van der Waals surface area contributed by atoms with Crippen LogP contribution in [0.15, 0.2) is 0 Å². The van der Waals surface area contributed by atoms with Crippen LogP contribution in [0.4, 0.5) is 0 Å². The molecule has 11 heteroatoms. The van der Waals surface area contributed by atoms with Gasteiger partial charge in [0.1, 0.15) is 23.7 Å². The summed E-state index contributed by atoms with van der Waals surface area (Å²) >= 11 is 0. The lowest BCUT2D eigenvalue weighted by molar-refractivity contribution is -0.292. The lowest BCUT2D eigenvalue weighted by Crippen LogP contribution is -2.77. The van der Waals surface area contributed by atoms with E-state index in [0.29, 0.717) is 12.8 Å². The first-order valence-corrected chi connectivity index (χ1v) is 18.2. The highest BCUT2D eigenvalue weighted by atomic mass is 16.6. The highest BCUT2D eigenvalue weighted by Gasteiger charge is 2.61. The zero-order chi connectivity index (χ0) is 34.6. The SMILES string of the molecule is CCCCCCCCCCCCN(C(=O)CCCCCCCCCCC)[C@]1(N)O[C@H](CO)[C@@H](O)[C@H](O)[C@H]1C(=O)[C@](C)(N)C(=O)CN. The molecule has 1 aliphatic heterocycles. The van der Waals surface area contributed by atoms with E-state index in [1.807, 2.05) is 0 Å². The molecule has 1 aliphatic rings. The quantitative estimate of drug-likeness (QED) is 0.0429. The molecule has 0 bridgehead atoms. The third-order valence-corrected chi connectivity index (χ3v) is 9.55. The lowest BCUT2D eigenvalue weighted by atomic mass is 9.75. The van der Waals surface area contributed by atoms with E-state index in [2.05, 4.69) is 13.8 Å². The van der Waals surface area contributed by atoms with Crippen molar-refractivity contribution < 1.29 is 34.4 Å². The maximum absolute atomic E-state index is 13.9. The largest absolute Gasteiger partial charge is 0.394 e. The zero-order valence-corrected chi connectivity index (χ0v) is 29.2. The van der Waals surface area contributed by atoms with Crippen molar-refractivity contribution in [1.29, 1.82) is 0 Å². The van der Waals surface area contributed by atoms with E-state index in [1.54, 1.807) is 0 Å². The first-order valence-electron chi connectivity index (χ1n) is 18.2. The number of aliphatic hydroxyl groups excluding tert-OH is 3. The molecular weight excluding hydrogens is 588 g/mol. The average molecular weight is 657 g/mol. The Hall–Kier alpha value is -1.47. The Bertz CT molecular complexity index is 874. The Labute approximate surface area is 278 Å². The fourth-order valence-electron chi connectivity index (χ4n) is 6.41. The van der Waals surface area contributed by atoms with Crippen LogP contribution < -0.4 is 17.2 Å². The standard InChI is InChI=1S/C35H68N4O7/c1-4-6-8-10-12-14-16-18-20-22-24-39(29(42)23-21-19-17-15-13-11-9-7-5-2)35(38)30(32(44)31(43)27(26-40)46-35)33(45)34(3,37)28(41)25-36/h27,30-32,40,43-44H,4-26,36-38H2,1-3H3/t27-,30+,31-,32-,34-,35+/m1/s1. The Balaban J connectivity index is 3.11. The van der Waals surface area contributed by atoms with Gasteiger partial charge in [0.15, 0.2) is 11.6 Å². The summed E-state index contributed by atoms with van der Waals surface area (Å²) in [5, 5.41) is 31.9. The molecule has 1 amide bonds. The average Bonchev–Trinajstić information content (AvgIpc) is 3.03. The Morgan fingerprint density at radius 1 is 0.761 bits per heavy atom. The van der Waals surface area contributed by atoms with Crippen molar-refractivity contribution in [2.24, 2.45) is 23.1 Å². The third-order valence-electron chi connectivity index (χ3n) is 9.55. The van der Waals surface area contributed by atoms with Crippen LogP contribution in [0.25, 0.3) is 0 Å². The summed E-state index contributed by atoms with van der Waals surface area (Å²) in [5.41, 5.74) is 16.3. The molecule has 1 saturated heterocycles. The number of nitrogens with zero attached hydrogens (tertiary/aromatic N) is 1. The monoisotopic (exact) mass is 657 g/mol. The minimum Gasteiger partial charge on any atom is -0.394 e. The topological polar surface area (TPSA) is 202 Å². The van der Waals surface area contributed by atoms with Crippen molar-refractivity contribution in [2.75, 3.05) is 19.7 Å². The van der Waals surface area contributed by atoms with Gasteiger partial charge in [-0.2, -0.15) is 0 Å². The summed E-state index contributed by atoms with van der Waals surface area (Å²) in [5.74, 6) is -6.14. The van der Waals surface area contributed by atoms with Crippen LogP contribution in [0, 0.1) is 5.92 Å². The van der Waals surface area contributed by atoms with Crippen molar-refractivity contribution in [2.45, 2.75) is 179 Å². The van der Waals surface area contributed by atoms with Crippen LogP contribution in [0.1, 0.15) is 149 Å². The van der Waals surface area contributed by atoms with Gasteiger partial charge in [0.25, 0.3) is 0 Å². The number of carbonyl (C=O) groups is 3. The number of hydrogen-bond acceptors (Lipinski definition) is 10. The van der Waals surface area contributed by atoms with Crippen molar-refractivity contribution in [3.05, 3.63) is 0 Å². The number of Topliss-reactive ketones (excluding diaryl/α,β-unsaturated/α-hetero) is 2. The van der Waals surface area contributed by atoms with Gasteiger partial charge in [-0.25, -0.2) is 0 Å². The summed E-state index contributed by atoms with van der Waals surface area (Å²) < 4.78 is 5.97. The van der Waals surface area contributed by atoms with Crippen molar-refractivity contribution in [3.8, 4) is 0 Å². The molecule has 1 fully saturated rings. The van der Waals surface area contributed by atoms with E-state index < -0.39 is 60.3 Å². The zero-order valence-electron chi connectivity index (χ0n) is 29.2. The first kappa shape index (κ1) is 42.6. The molecule has 270 valence electrons. The summed E-state index contributed by atoms with van der Waals surface area (Å²) in [7, 11) is 0. The maximum atomic E-state index is 13.9. The molecule has 6 atom stereocenters. The van der Waals surface area contributed by atoms with E-state index >= 15 is 0 Å². The number of unbranched alkanes of at least 4 members (excludes halogenated alkanes) is 17. The fraction of sp³-hybridized carbons (Fsp3) is 0.914. The number of hydrogen-bond donors (Lipinski definition) is 6. The number of amides is 1. The number of ether oxygens (including phenoxy) is 1. The van der Waals surface area contributed by atoms with Gasteiger partial charge >= 0.3 is 0 Å². The van der Waals surface area contributed by atoms with Crippen LogP contribution in [0.2, 0.25) is 0 Å². The molecular formula is C35H68N4O7. The molecule has 0 spiro atoms. The van der Waals surface area contributed by atoms with Gasteiger partial charge in [-0.15, -0.1) is 0 Å². The van der Waals surface area contributed by atoms with Crippen LogP contribution in [-0.4, -0.2) is 87.1 Å². The molecule has 0 aliphatic carbocycles. The predicted octanol–water partition coefficient (Wildman–Crippen LogP) is 3.81. The normalized spacial score (nSPS) is 24.5. The Kier molecular flexibility index (Phi) is 21.3. The van der Waals surface area contributed by atoms with Crippen molar-refractivity contribution in [3.63, 3.8) is 0 Å². The van der Waals surface area contributed by atoms with E-state index in [9.17, 15) is 29.7 Å². The molecule has 0 aromatic rings. The van der Waals surface area contributed by atoms with E-state index in [1.165, 1.54) is 76.0 Å². The molecule has 46 heavy (non-hydrogen) atoms. The molecule has 0 aromatic heterocycles. The maximum Gasteiger partial charge on any atom is 0.225 e. The van der Waals surface area contributed by atoms with E-state index in [0.717, 1.165) is 44.9 Å². The molecule has 9 N–H and O–H groups in total. The molecule has 0 radical (unpaired) electrons. The second-order valence-electron chi connectivity index (χ2n) is 13.5. The second kappa shape index (κ2) is 23.0. The van der Waals surface area contributed by atoms with Gasteiger partial charge in [-0.1, -0.05) is 123 Å². The molecule has 0 unspecified atom stereocenters. The van der Waals surface area contributed by atoms with Crippen molar-refractivity contribution >= 4 is 17.5 Å². The predicted molar refractivity (Wildman–Crippen MR) is 181 cm³/mol. The van der Waals surface area contributed by atoms with E-state index in [-0.39, 0.29) is 18.9 Å². The lowest BCUT2D eigenvalue weighted by Gasteiger charge is -2.53. The summed E-state index contributed by atoms with van der Waals surface area (Å²) in [4.78, 5) is 41.6. The highest BCUT2D eigenvalue weighted by Crippen LogP contribution is 2.37. The number of rotatable bonds is 27. The van der Waals surface area contributed by atoms with Crippen molar-refractivity contribution in [1.82, 2.24) is 4.90 Å². The minimum absolute atomic E-state index is 0.139. The van der Waals surface area contributed by atoms with Crippen LogP contribution in [0.5, 0.6) is 0 Å². The highest BCUT2D eigenvalue weighted by molar-refractivity contribution is 6.13. The van der Waals surface area contributed by atoms with Gasteiger partial charge < -0.3 is 36.4 Å². The number of nitrogens with two attached hydrogens (primary N) is 3. The van der Waals surface area contributed by atoms with Crippen LogP contribution in [-0.2, 0) is 19.1 Å². The summed E-state index contributed by atoms with van der Waals surface area (Å²) in [6.45, 7) is 4.48. The third kappa shape index (κ3) is 13.2. The molecule has 0 saturated carbocycles. The number of aliphatic hydroxyl groups is 3. The van der Waals surface area contributed by atoms with Gasteiger partial charge in [0.05, 0.1) is 19.3 Å². The smallest absolute Gasteiger partial charge is 0.225 e. The number of ketones is 2. The van der Waals surface area contributed by atoms with Crippen LogP contribution in [0.3, 0.4) is 0 Å². The van der Waals surface area contributed by atoms with E-state index in [4.69, 9.17) is 21.9 Å². The fourth-order valence-corrected chi connectivity index (χ4v) is 6.41. The van der Waals surface area contributed by atoms with Gasteiger partial charge in [0.2, 0.25) is 11.8 Å². The van der Waals surface area contributed by atoms with Gasteiger partial charge in [-0.05, 0) is 19.8 Å². The summed E-state index contributed by atoms with van der Waals surface area (Å²) in [6, 6.07) is 0. The minimum atomic E-state index is -2.26. The Morgan fingerprint density at radius 2 is 1.20 bits per heavy atom. The number of carbonyl (C=O) groups excluding carboxylic acids is 3.